The summed E-state index contributed by atoms with van der Waals surface area (Å²) in [5.41, 5.74) is 11.7. The van der Waals surface area contributed by atoms with Gasteiger partial charge in [-0.3, -0.25) is 0 Å². The van der Waals surface area contributed by atoms with Crippen LogP contribution in [0.3, 0.4) is 0 Å². The quantitative estimate of drug-likeness (QED) is 0.676. The standard InChI is InChI=1S/C10H9F3N2O.C10H9N3O/c1-5-9(14)15-7-4-6(10(11,12)13)2-3-8(7)16-5;1-6-10(12)13-8-4-7(5-11)2-3-9(8)14-6/h2-5H,1H3,(H2,14,15);2-4,6H,1H3,(H2,12,13). The molecule has 2 heterocycles. The van der Waals surface area contributed by atoms with E-state index in [1.165, 1.54) is 6.07 Å². The predicted molar refractivity (Wildman–Crippen MR) is 105 cm³/mol. The maximum absolute atomic E-state index is 12.4. The molecule has 0 bridgehead atoms. The van der Waals surface area contributed by atoms with Crippen LogP contribution in [0, 0.1) is 11.3 Å². The molecule has 2 aromatic carbocycles. The van der Waals surface area contributed by atoms with Crippen molar-refractivity contribution in [2.24, 2.45) is 21.5 Å². The highest BCUT2D eigenvalue weighted by molar-refractivity contribution is 5.90. The number of fused-ring (bicyclic) bond motifs is 2. The molecular formula is C20H18F3N5O2. The Balaban J connectivity index is 0.000000172. The van der Waals surface area contributed by atoms with E-state index in [2.05, 4.69) is 9.98 Å². The number of halogens is 3. The number of nitrogens with zero attached hydrogens (tertiary/aromatic N) is 3. The molecule has 4 N–H and O–H groups in total. The van der Waals surface area contributed by atoms with Crippen molar-refractivity contribution in [1.29, 1.82) is 5.26 Å². The van der Waals surface area contributed by atoms with Gasteiger partial charge in [-0.05, 0) is 50.2 Å². The summed E-state index contributed by atoms with van der Waals surface area (Å²) >= 11 is 0. The van der Waals surface area contributed by atoms with Crippen LogP contribution in [0.5, 0.6) is 11.5 Å². The maximum atomic E-state index is 12.4. The summed E-state index contributed by atoms with van der Waals surface area (Å²) in [5.74, 6) is 1.60. The van der Waals surface area contributed by atoms with E-state index < -0.39 is 17.8 Å². The normalized spacial score (nSPS) is 19.3. The second kappa shape index (κ2) is 7.94. The lowest BCUT2D eigenvalue weighted by molar-refractivity contribution is -0.137. The highest BCUT2D eigenvalue weighted by Gasteiger charge is 2.32. The molecule has 7 nitrogen and oxygen atoms in total. The number of benzene rings is 2. The average Bonchev–Trinajstić information content (AvgIpc) is 2.69. The van der Waals surface area contributed by atoms with Crippen LogP contribution < -0.4 is 20.9 Å². The third-order valence-electron chi connectivity index (χ3n) is 4.31. The Morgan fingerprint density at radius 1 is 0.900 bits per heavy atom. The molecule has 2 aliphatic heterocycles. The predicted octanol–water partition coefficient (Wildman–Crippen LogP) is 3.80. The fourth-order valence-electron chi connectivity index (χ4n) is 2.62. The number of alkyl halides is 3. The minimum atomic E-state index is -4.39. The van der Waals surface area contributed by atoms with Gasteiger partial charge in [0.1, 0.15) is 34.5 Å². The third kappa shape index (κ3) is 4.46. The van der Waals surface area contributed by atoms with Crippen molar-refractivity contribution in [2.45, 2.75) is 32.2 Å². The summed E-state index contributed by atoms with van der Waals surface area (Å²) in [4.78, 5) is 8.02. The first-order valence-corrected chi connectivity index (χ1v) is 8.85. The molecule has 0 radical (unpaired) electrons. The Hall–Kier alpha value is -3.74. The molecule has 2 unspecified atom stereocenters. The Morgan fingerprint density at radius 2 is 1.40 bits per heavy atom. The minimum absolute atomic E-state index is 0.116. The van der Waals surface area contributed by atoms with Crippen LogP contribution in [0.25, 0.3) is 0 Å². The van der Waals surface area contributed by atoms with Crippen LogP contribution in [-0.2, 0) is 6.18 Å². The lowest BCUT2D eigenvalue weighted by Gasteiger charge is -2.21. The van der Waals surface area contributed by atoms with E-state index in [0.717, 1.165) is 12.1 Å². The summed E-state index contributed by atoms with van der Waals surface area (Å²) in [5, 5.41) is 8.69. The van der Waals surface area contributed by atoms with Crippen LogP contribution in [0.4, 0.5) is 24.5 Å². The molecule has 30 heavy (non-hydrogen) atoms. The van der Waals surface area contributed by atoms with Gasteiger partial charge in [0, 0.05) is 0 Å². The number of nitrogens with two attached hydrogens (primary N) is 2. The van der Waals surface area contributed by atoms with Crippen LogP contribution in [-0.4, -0.2) is 23.9 Å². The summed E-state index contributed by atoms with van der Waals surface area (Å²) in [6.07, 6.45) is -5.00. The molecule has 2 aromatic rings. The fourth-order valence-corrected chi connectivity index (χ4v) is 2.62. The molecule has 0 aliphatic carbocycles. The number of hydrogen-bond acceptors (Lipinski definition) is 7. The van der Waals surface area contributed by atoms with Gasteiger partial charge >= 0.3 is 6.18 Å². The lowest BCUT2D eigenvalue weighted by atomic mass is 10.1. The van der Waals surface area contributed by atoms with E-state index in [0.29, 0.717) is 28.6 Å². The Kier molecular flexibility index (Phi) is 5.56. The van der Waals surface area contributed by atoms with Crippen LogP contribution in [0.1, 0.15) is 25.0 Å². The molecule has 0 spiro atoms. The SMILES string of the molecule is CC1Oc2ccc(C#N)cc2N=C1N.CC1Oc2ccc(C(F)(F)F)cc2N=C1N. The van der Waals surface area contributed by atoms with E-state index in [4.69, 9.17) is 26.2 Å². The van der Waals surface area contributed by atoms with Crippen LogP contribution in [0.2, 0.25) is 0 Å². The van der Waals surface area contributed by atoms with Gasteiger partial charge < -0.3 is 20.9 Å². The van der Waals surface area contributed by atoms with Crippen molar-refractivity contribution >= 4 is 23.0 Å². The van der Waals surface area contributed by atoms with Crippen LogP contribution in [0.15, 0.2) is 46.4 Å². The number of aliphatic imine (C=N–C) groups is 2. The largest absolute Gasteiger partial charge is 0.481 e. The second-order valence-electron chi connectivity index (χ2n) is 6.57. The summed E-state index contributed by atoms with van der Waals surface area (Å²) < 4.78 is 48.0. The van der Waals surface area contributed by atoms with Gasteiger partial charge in [-0.15, -0.1) is 0 Å². The molecule has 0 fully saturated rings. The first kappa shape index (κ1) is 21.0. The fraction of sp³-hybridized carbons (Fsp3) is 0.250. The zero-order valence-electron chi connectivity index (χ0n) is 16.1. The van der Waals surface area contributed by atoms with Gasteiger partial charge in [-0.1, -0.05) is 0 Å². The maximum Gasteiger partial charge on any atom is 0.416 e. The Morgan fingerprint density at radius 3 is 1.90 bits per heavy atom. The van der Waals surface area contributed by atoms with Crippen LogP contribution >= 0.6 is 0 Å². The number of rotatable bonds is 0. The van der Waals surface area contributed by atoms with Crippen molar-refractivity contribution in [3.05, 3.63) is 47.5 Å². The zero-order chi connectivity index (χ0) is 22.1. The van der Waals surface area contributed by atoms with Crippen molar-refractivity contribution in [1.82, 2.24) is 0 Å². The average molecular weight is 417 g/mol. The first-order chi connectivity index (χ1) is 14.1. The lowest BCUT2D eigenvalue weighted by Crippen LogP contribution is -2.33. The highest BCUT2D eigenvalue weighted by Crippen LogP contribution is 2.38. The van der Waals surface area contributed by atoms with E-state index in [1.807, 2.05) is 13.0 Å². The molecule has 0 amide bonds. The highest BCUT2D eigenvalue weighted by atomic mass is 19.4. The number of ether oxygens (including phenoxy) is 2. The topological polar surface area (TPSA) is 119 Å². The van der Waals surface area contributed by atoms with E-state index in [-0.39, 0.29) is 17.6 Å². The molecule has 2 aliphatic rings. The first-order valence-electron chi connectivity index (χ1n) is 8.85. The summed E-state index contributed by atoms with van der Waals surface area (Å²) in [7, 11) is 0. The van der Waals surface area contributed by atoms with Gasteiger partial charge in [-0.25, -0.2) is 9.98 Å². The van der Waals surface area contributed by atoms with Gasteiger partial charge in [0.25, 0.3) is 0 Å². The number of hydrogen-bond donors (Lipinski definition) is 2. The van der Waals surface area contributed by atoms with Gasteiger partial charge in [0.2, 0.25) is 0 Å². The molecule has 156 valence electrons. The second-order valence-corrected chi connectivity index (χ2v) is 6.57. The third-order valence-corrected chi connectivity index (χ3v) is 4.31. The van der Waals surface area contributed by atoms with Gasteiger partial charge in [-0.2, -0.15) is 18.4 Å². The molecule has 2 atom stereocenters. The van der Waals surface area contributed by atoms with Crippen molar-refractivity contribution in [2.75, 3.05) is 0 Å². The van der Waals surface area contributed by atoms with E-state index in [1.54, 1.807) is 25.1 Å². The van der Waals surface area contributed by atoms with E-state index >= 15 is 0 Å². The molecule has 0 saturated carbocycles. The summed E-state index contributed by atoms with van der Waals surface area (Å²) in [6, 6.07) is 10.3. The monoisotopic (exact) mass is 417 g/mol. The molecule has 10 heteroatoms. The molecule has 4 rings (SSSR count). The number of amidine groups is 2. The van der Waals surface area contributed by atoms with Crippen molar-refractivity contribution in [3.8, 4) is 17.6 Å². The summed E-state index contributed by atoms with van der Waals surface area (Å²) in [6.45, 7) is 3.51. The van der Waals surface area contributed by atoms with Gasteiger partial charge in [0.15, 0.2) is 12.2 Å². The van der Waals surface area contributed by atoms with Crippen molar-refractivity contribution in [3.63, 3.8) is 0 Å². The minimum Gasteiger partial charge on any atom is -0.481 e. The zero-order valence-corrected chi connectivity index (χ0v) is 16.1. The molecule has 0 aromatic heterocycles. The number of nitriles is 1. The smallest absolute Gasteiger partial charge is 0.416 e. The van der Waals surface area contributed by atoms with Gasteiger partial charge in [0.05, 0.1) is 17.2 Å². The van der Waals surface area contributed by atoms with E-state index in [9.17, 15) is 13.2 Å². The van der Waals surface area contributed by atoms with Crippen molar-refractivity contribution < 1.29 is 22.6 Å². The molecule has 0 saturated heterocycles. The molecular weight excluding hydrogens is 399 g/mol. The Bertz CT molecular complexity index is 1070. The Labute approximate surface area is 170 Å².